The third-order valence-electron chi connectivity index (χ3n) is 5.43. The fraction of sp³-hybridized carbons (Fsp3) is 0.562. The predicted molar refractivity (Wildman–Crippen MR) is 85.6 cm³/mol. The van der Waals surface area contributed by atoms with Gasteiger partial charge >= 0.3 is 0 Å². The minimum Gasteiger partial charge on any atom is -0.349 e. The van der Waals surface area contributed by atoms with E-state index in [-0.39, 0.29) is 11.6 Å². The Balaban J connectivity index is 1.77. The van der Waals surface area contributed by atoms with Crippen molar-refractivity contribution in [3.63, 3.8) is 0 Å². The predicted octanol–water partition coefficient (Wildman–Crippen LogP) is 3.06. The van der Waals surface area contributed by atoms with Crippen molar-refractivity contribution < 1.29 is 14.6 Å². The van der Waals surface area contributed by atoms with Crippen molar-refractivity contribution in [1.29, 1.82) is 0 Å². The average Bonchev–Trinajstić information content (AvgIpc) is 3.17. The molecule has 2 aliphatic carbocycles. The Kier molecular flexibility index (Phi) is 4.21. The van der Waals surface area contributed by atoms with E-state index in [2.05, 4.69) is 5.32 Å². The highest BCUT2D eigenvalue weighted by Gasteiger charge is 2.42. The summed E-state index contributed by atoms with van der Waals surface area (Å²) in [5.74, 6) is 1.22. The van der Waals surface area contributed by atoms with E-state index in [0.717, 1.165) is 30.5 Å². The summed E-state index contributed by atoms with van der Waals surface area (Å²) in [6.07, 6.45) is 4.75. The van der Waals surface area contributed by atoms with E-state index in [0.29, 0.717) is 11.8 Å². The Morgan fingerprint density at radius 3 is 2.50 bits per heavy atom. The molecule has 2 aliphatic rings. The molecule has 1 aromatic carbocycles. The Labute approximate surface area is 138 Å². The van der Waals surface area contributed by atoms with Gasteiger partial charge in [0.05, 0.1) is 15.9 Å². The molecule has 0 aliphatic heterocycles. The zero-order valence-corrected chi connectivity index (χ0v) is 13.3. The quantitative estimate of drug-likeness (QED) is 0.656. The number of rotatable bonds is 5. The molecule has 8 heteroatoms. The Morgan fingerprint density at radius 1 is 1.21 bits per heavy atom. The maximum absolute atomic E-state index is 12.4. The third kappa shape index (κ3) is 2.95. The molecule has 8 nitrogen and oxygen atoms in total. The van der Waals surface area contributed by atoms with Crippen LogP contribution in [0.15, 0.2) is 18.2 Å². The van der Waals surface area contributed by atoms with E-state index < -0.39 is 27.1 Å². The number of nitro groups is 2. The van der Waals surface area contributed by atoms with Gasteiger partial charge in [0.1, 0.15) is 5.56 Å². The second kappa shape index (κ2) is 6.18. The van der Waals surface area contributed by atoms with Gasteiger partial charge in [-0.2, -0.15) is 0 Å². The fourth-order valence-corrected chi connectivity index (χ4v) is 4.27. The van der Waals surface area contributed by atoms with Crippen LogP contribution in [-0.2, 0) is 0 Å². The lowest BCUT2D eigenvalue weighted by Gasteiger charge is -2.28. The highest BCUT2D eigenvalue weighted by atomic mass is 16.6. The summed E-state index contributed by atoms with van der Waals surface area (Å²) in [6, 6.07) is 3.03. The second-order valence-electron chi connectivity index (χ2n) is 6.82. The topological polar surface area (TPSA) is 115 Å². The molecule has 1 amide bonds. The Bertz CT molecular complexity index is 705. The van der Waals surface area contributed by atoms with Gasteiger partial charge in [0, 0.05) is 12.1 Å². The van der Waals surface area contributed by atoms with Gasteiger partial charge < -0.3 is 5.32 Å². The first-order valence-electron chi connectivity index (χ1n) is 8.10. The highest BCUT2D eigenvalue weighted by molar-refractivity contribution is 5.98. The van der Waals surface area contributed by atoms with Crippen LogP contribution in [0.3, 0.4) is 0 Å². The summed E-state index contributed by atoms with van der Waals surface area (Å²) in [6.45, 7) is 1.93. The van der Waals surface area contributed by atoms with Crippen molar-refractivity contribution in [3.05, 3.63) is 44.0 Å². The second-order valence-corrected chi connectivity index (χ2v) is 6.82. The number of nitrogens with one attached hydrogen (secondary N) is 1. The smallest absolute Gasteiger partial charge is 0.289 e. The minimum atomic E-state index is -0.760. The monoisotopic (exact) mass is 333 g/mol. The molecule has 0 aromatic heterocycles. The van der Waals surface area contributed by atoms with Crippen LogP contribution in [0.1, 0.15) is 43.0 Å². The van der Waals surface area contributed by atoms with E-state index in [4.69, 9.17) is 0 Å². The molecule has 2 saturated carbocycles. The number of nitrogens with zero attached hydrogens (tertiary/aromatic N) is 2. The molecular weight excluding hydrogens is 314 g/mol. The molecule has 0 heterocycles. The van der Waals surface area contributed by atoms with Crippen molar-refractivity contribution in [2.45, 2.75) is 38.6 Å². The lowest BCUT2D eigenvalue weighted by molar-refractivity contribution is -0.394. The van der Waals surface area contributed by atoms with E-state index >= 15 is 0 Å². The normalized spacial score (nSPS) is 26.1. The standard InChI is InChI=1S/C16H19N3O5/c1-9(14-7-10-2-3-11(14)6-10)17-16(20)13-5-4-12(18(21)22)8-15(13)19(23)24/h4-5,8-11,14H,2-3,6-7H2,1H3,(H,17,20)/t9-,10+,11+,14+/m1/s1. The average molecular weight is 333 g/mol. The molecule has 2 fully saturated rings. The number of hydrogen-bond donors (Lipinski definition) is 1. The number of nitro benzene ring substituents is 2. The SMILES string of the molecule is C[C@@H](NC(=O)c1ccc([N+](=O)[O-])cc1[N+](=O)[O-])[C@@H]1C[C@H]2CC[C@H]1C2. The first-order valence-corrected chi connectivity index (χ1v) is 8.10. The van der Waals surface area contributed by atoms with E-state index in [1.165, 1.54) is 19.3 Å². The first-order chi connectivity index (χ1) is 11.4. The van der Waals surface area contributed by atoms with Crippen LogP contribution in [-0.4, -0.2) is 21.8 Å². The molecular formula is C16H19N3O5. The van der Waals surface area contributed by atoms with Crippen LogP contribution in [0, 0.1) is 38.0 Å². The number of hydrogen-bond acceptors (Lipinski definition) is 5. The number of carbonyl (C=O) groups is 1. The van der Waals surface area contributed by atoms with Crippen LogP contribution in [0.25, 0.3) is 0 Å². The molecule has 3 rings (SSSR count). The van der Waals surface area contributed by atoms with Crippen LogP contribution in [0.4, 0.5) is 11.4 Å². The van der Waals surface area contributed by atoms with Crippen LogP contribution < -0.4 is 5.32 Å². The molecule has 0 saturated heterocycles. The summed E-state index contributed by atoms with van der Waals surface area (Å²) in [7, 11) is 0. The van der Waals surface area contributed by atoms with Gasteiger partial charge in [0.2, 0.25) is 0 Å². The van der Waals surface area contributed by atoms with Gasteiger partial charge in [-0.15, -0.1) is 0 Å². The van der Waals surface area contributed by atoms with E-state index in [1.54, 1.807) is 0 Å². The molecule has 2 bridgehead atoms. The van der Waals surface area contributed by atoms with Crippen LogP contribution in [0.2, 0.25) is 0 Å². The van der Waals surface area contributed by atoms with Gasteiger partial charge in [-0.25, -0.2) is 0 Å². The maximum Gasteiger partial charge on any atom is 0.289 e. The minimum absolute atomic E-state index is 0.0670. The van der Waals surface area contributed by atoms with Crippen LogP contribution >= 0.6 is 0 Å². The molecule has 0 unspecified atom stereocenters. The van der Waals surface area contributed by atoms with Gasteiger partial charge in [0.25, 0.3) is 17.3 Å². The van der Waals surface area contributed by atoms with E-state index in [1.807, 2.05) is 6.92 Å². The maximum atomic E-state index is 12.4. The Hall–Kier alpha value is -2.51. The fourth-order valence-electron chi connectivity index (χ4n) is 4.27. The van der Waals surface area contributed by atoms with Gasteiger partial charge in [-0.3, -0.25) is 25.0 Å². The lowest BCUT2D eigenvalue weighted by Crippen LogP contribution is -2.40. The Morgan fingerprint density at radius 2 is 1.96 bits per heavy atom. The lowest BCUT2D eigenvalue weighted by atomic mass is 9.84. The van der Waals surface area contributed by atoms with Gasteiger partial charge in [0.15, 0.2) is 0 Å². The van der Waals surface area contributed by atoms with Crippen molar-refractivity contribution in [2.24, 2.45) is 17.8 Å². The summed E-state index contributed by atoms with van der Waals surface area (Å²) in [4.78, 5) is 32.9. The number of benzene rings is 1. The highest BCUT2D eigenvalue weighted by Crippen LogP contribution is 2.49. The summed E-state index contributed by atoms with van der Waals surface area (Å²) in [5.41, 5.74) is -1.08. The summed E-state index contributed by atoms with van der Waals surface area (Å²) >= 11 is 0. The van der Waals surface area contributed by atoms with Crippen molar-refractivity contribution in [1.82, 2.24) is 5.32 Å². The first kappa shape index (κ1) is 16.4. The number of fused-ring (bicyclic) bond motifs is 2. The molecule has 1 aromatic rings. The summed E-state index contributed by atoms with van der Waals surface area (Å²) < 4.78 is 0. The molecule has 1 N–H and O–H groups in total. The van der Waals surface area contributed by atoms with Crippen molar-refractivity contribution >= 4 is 17.3 Å². The zero-order valence-electron chi connectivity index (χ0n) is 13.3. The molecule has 0 radical (unpaired) electrons. The number of carbonyl (C=O) groups excluding carboxylic acids is 1. The number of amides is 1. The molecule has 24 heavy (non-hydrogen) atoms. The van der Waals surface area contributed by atoms with Gasteiger partial charge in [-0.05, 0) is 50.0 Å². The molecule has 0 spiro atoms. The van der Waals surface area contributed by atoms with Crippen molar-refractivity contribution in [3.8, 4) is 0 Å². The van der Waals surface area contributed by atoms with Gasteiger partial charge in [-0.1, -0.05) is 6.42 Å². The molecule has 4 atom stereocenters. The van der Waals surface area contributed by atoms with Crippen molar-refractivity contribution in [2.75, 3.05) is 0 Å². The molecule has 128 valence electrons. The summed E-state index contributed by atoms with van der Waals surface area (Å²) in [5, 5.41) is 24.8. The third-order valence-corrected chi connectivity index (χ3v) is 5.43. The van der Waals surface area contributed by atoms with Crippen LogP contribution in [0.5, 0.6) is 0 Å². The number of non-ortho nitro benzene ring substituents is 1. The largest absolute Gasteiger partial charge is 0.349 e. The zero-order chi connectivity index (χ0) is 17.4. The van der Waals surface area contributed by atoms with E-state index in [9.17, 15) is 25.0 Å².